The van der Waals surface area contributed by atoms with E-state index in [2.05, 4.69) is 24.7 Å². The molecule has 1 aromatic carbocycles. The summed E-state index contributed by atoms with van der Waals surface area (Å²) in [6.07, 6.45) is 1.41. The number of halogens is 1. The van der Waals surface area contributed by atoms with Crippen molar-refractivity contribution in [2.75, 3.05) is 43.2 Å². The molecule has 3 N–H and O–H groups in total. The number of pyridine rings is 2. The number of hydrogen-bond donors (Lipinski definition) is 3. The van der Waals surface area contributed by atoms with E-state index in [0.29, 0.717) is 31.3 Å². The van der Waals surface area contributed by atoms with E-state index in [-0.39, 0.29) is 36.4 Å². The van der Waals surface area contributed by atoms with E-state index in [1.165, 1.54) is 32.2 Å². The maximum absolute atomic E-state index is 14.4. The van der Waals surface area contributed by atoms with Gasteiger partial charge < -0.3 is 29.5 Å². The molecule has 4 rings (SSSR count). The first-order chi connectivity index (χ1) is 19.3. The normalized spacial score (nSPS) is 16.0. The Morgan fingerprint density at radius 2 is 2.00 bits per heavy atom. The largest absolute Gasteiger partial charge is 0.475 e. The third-order valence-electron chi connectivity index (χ3n) is 6.48. The van der Waals surface area contributed by atoms with Crippen LogP contribution < -0.4 is 15.0 Å². The van der Waals surface area contributed by atoms with Gasteiger partial charge in [0.1, 0.15) is 18.1 Å². The Balaban J connectivity index is 1.63. The van der Waals surface area contributed by atoms with Gasteiger partial charge in [-0.1, -0.05) is 6.07 Å². The highest BCUT2D eigenvalue weighted by Gasteiger charge is 2.23. The number of hydrogen-bond acceptors (Lipinski definition) is 8. The minimum atomic E-state index is -4.62. The van der Waals surface area contributed by atoms with Gasteiger partial charge in [-0.25, -0.2) is 8.96 Å². The van der Waals surface area contributed by atoms with Crippen molar-refractivity contribution in [1.82, 2.24) is 9.97 Å². The Hall–Kier alpha value is -3.41. The molecule has 13 heteroatoms. The second-order valence-electron chi connectivity index (χ2n) is 10.2. The van der Waals surface area contributed by atoms with Gasteiger partial charge in [-0.05, 0) is 74.7 Å². The van der Waals surface area contributed by atoms with E-state index >= 15 is 0 Å². The number of anilines is 2. The highest BCUT2D eigenvalue weighted by Crippen LogP contribution is 2.36. The zero-order chi connectivity index (χ0) is 29.8. The van der Waals surface area contributed by atoms with E-state index in [4.69, 9.17) is 19.3 Å². The summed E-state index contributed by atoms with van der Waals surface area (Å²) in [6, 6.07) is 12.1. The summed E-state index contributed by atoms with van der Waals surface area (Å²) in [5.74, 6) is 0.494. The van der Waals surface area contributed by atoms with Crippen LogP contribution in [0.4, 0.5) is 15.9 Å². The van der Waals surface area contributed by atoms with Gasteiger partial charge in [0, 0.05) is 30.1 Å². The second-order valence-corrected chi connectivity index (χ2v) is 11.5. The lowest BCUT2D eigenvalue weighted by Crippen LogP contribution is -2.44. The molecule has 11 nitrogen and oxygen atoms in total. The number of morpholine rings is 1. The van der Waals surface area contributed by atoms with Gasteiger partial charge in [-0.3, -0.25) is 14.3 Å². The third kappa shape index (κ3) is 8.31. The molecule has 41 heavy (non-hydrogen) atoms. The number of carbonyl (C=O) groups excluding carboxylic acids is 1. The number of phosphoric ester groups is 1. The van der Waals surface area contributed by atoms with E-state index in [9.17, 15) is 13.8 Å². The van der Waals surface area contributed by atoms with Crippen LogP contribution in [-0.2, 0) is 19.5 Å². The molecule has 0 spiro atoms. The highest BCUT2D eigenvalue weighted by atomic mass is 31.2. The molecule has 1 atom stereocenters. The van der Waals surface area contributed by atoms with Crippen molar-refractivity contribution in [2.45, 2.75) is 39.4 Å². The van der Waals surface area contributed by atoms with E-state index < -0.39 is 19.4 Å². The number of alkyl halides is 1. The Kier molecular flexibility index (Phi) is 9.41. The fourth-order valence-corrected chi connectivity index (χ4v) is 4.66. The van der Waals surface area contributed by atoms with Crippen molar-refractivity contribution >= 4 is 25.2 Å². The zero-order valence-electron chi connectivity index (χ0n) is 23.3. The molecule has 3 heterocycles. The molecular weight excluding hydrogens is 554 g/mol. The van der Waals surface area contributed by atoms with Crippen LogP contribution in [0.1, 0.15) is 42.4 Å². The fourth-order valence-electron chi connectivity index (χ4n) is 4.35. The predicted octanol–water partition coefficient (Wildman–Crippen LogP) is 4.62. The van der Waals surface area contributed by atoms with Crippen LogP contribution in [0.5, 0.6) is 5.88 Å². The van der Waals surface area contributed by atoms with Gasteiger partial charge in [-0.2, -0.15) is 4.98 Å². The van der Waals surface area contributed by atoms with Crippen LogP contribution in [0.15, 0.2) is 48.7 Å². The van der Waals surface area contributed by atoms with Crippen molar-refractivity contribution < 1.29 is 37.5 Å². The first-order valence-corrected chi connectivity index (χ1v) is 14.6. The van der Waals surface area contributed by atoms with Crippen molar-refractivity contribution in [1.29, 1.82) is 0 Å². The molecule has 1 aliphatic heterocycles. The molecule has 0 radical (unpaired) electrons. The second kappa shape index (κ2) is 12.6. The van der Waals surface area contributed by atoms with Gasteiger partial charge >= 0.3 is 7.82 Å². The highest BCUT2D eigenvalue weighted by molar-refractivity contribution is 7.46. The number of aryl methyl sites for hydroxylation is 1. The van der Waals surface area contributed by atoms with Crippen molar-refractivity contribution in [2.24, 2.45) is 0 Å². The molecular formula is C28H34FN4O7P. The molecule has 0 aliphatic carbocycles. The number of benzene rings is 1. The summed E-state index contributed by atoms with van der Waals surface area (Å²) in [7, 11) is -4.62. The summed E-state index contributed by atoms with van der Waals surface area (Å²) < 4.78 is 41.2. The van der Waals surface area contributed by atoms with Gasteiger partial charge in [0.2, 0.25) is 5.88 Å². The van der Waals surface area contributed by atoms with E-state index in [1.807, 2.05) is 32.0 Å². The fraction of sp³-hybridized carbons (Fsp3) is 0.393. The molecule has 2 aromatic heterocycles. The van der Waals surface area contributed by atoms with Gasteiger partial charge in [0.05, 0.1) is 31.6 Å². The van der Waals surface area contributed by atoms with E-state index in [1.54, 1.807) is 12.1 Å². The molecule has 3 aromatic rings. The summed E-state index contributed by atoms with van der Waals surface area (Å²) in [6.45, 7) is 7.97. The summed E-state index contributed by atoms with van der Waals surface area (Å²) in [5.41, 5.74) is 1.79. The number of phosphoric acid groups is 1. The van der Waals surface area contributed by atoms with E-state index in [0.717, 1.165) is 16.7 Å². The maximum atomic E-state index is 14.4. The lowest BCUT2D eigenvalue weighted by molar-refractivity contribution is 0.0984. The third-order valence-corrected chi connectivity index (χ3v) is 7.00. The summed E-state index contributed by atoms with van der Waals surface area (Å²) in [5, 5.41) is 2.88. The lowest BCUT2D eigenvalue weighted by Gasteiger charge is -2.34. The maximum Gasteiger partial charge on any atom is 0.469 e. The number of nitrogens with one attached hydrogen (secondary N) is 1. The summed E-state index contributed by atoms with van der Waals surface area (Å²) in [4.78, 5) is 41.7. The first kappa shape index (κ1) is 30.5. The van der Waals surface area contributed by atoms with Crippen molar-refractivity contribution in [3.8, 4) is 17.0 Å². The minimum Gasteiger partial charge on any atom is -0.475 e. The molecule has 220 valence electrons. The number of nitrogens with zero attached hydrogens (tertiary/aromatic N) is 3. The number of carbonyl (C=O) groups is 1. The van der Waals surface area contributed by atoms with Crippen LogP contribution in [0, 0.1) is 6.92 Å². The molecule has 1 aliphatic rings. The molecule has 1 saturated heterocycles. The number of rotatable bonds is 10. The molecule has 1 fully saturated rings. The molecule has 1 amide bonds. The predicted molar refractivity (Wildman–Crippen MR) is 152 cm³/mol. The topological polar surface area (TPSA) is 143 Å². The molecule has 0 saturated carbocycles. The smallest absolute Gasteiger partial charge is 0.469 e. The first-order valence-electron chi connectivity index (χ1n) is 13.1. The minimum absolute atomic E-state index is 0.0589. The molecule has 0 unspecified atom stereocenters. The molecule has 0 bridgehead atoms. The Bertz CT molecular complexity index is 1440. The monoisotopic (exact) mass is 588 g/mol. The van der Waals surface area contributed by atoms with Crippen molar-refractivity contribution in [3.63, 3.8) is 0 Å². The number of ether oxygens (including phenoxy) is 2. The number of amides is 1. The van der Waals surface area contributed by atoms with Crippen LogP contribution in [0.2, 0.25) is 0 Å². The number of aromatic nitrogens is 2. The zero-order valence-corrected chi connectivity index (χ0v) is 24.2. The average molecular weight is 589 g/mol. The summed E-state index contributed by atoms with van der Waals surface area (Å²) >= 11 is 0. The quantitative estimate of drug-likeness (QED) is 0.227. The average Bonchev–Trinajstić information content (AvgIpc) is 2.91. The SMILES string of the molecule is Cc1ccc(NC(=O)c2ccnc(C(C)(C)F)c2)cc1-c1cc(OCCOP(=O)(O)O)nc(N2CCOC[C@H]2C)c1. The van der Waals surface area contributed by atoms with Crippen molar-refractivity contribution in [3.05, 3.63) is 65.5 Å². The van der Waals surface area contributed by atoms with Gasteiger partial charge in [0.15, 0.2) is 0 Å². The van der Waals surface area contributed by atoms with Gasteiger partial charge in [0.25, 0.3) is 5.91 Å². The Morgan fingerprint density at radius 1 is 1.22 bits per heavy atom. The lowest BCUT2D eigenvalue weighted by atomic mass is 10.00. The standard InChI is InChI=1S/C28H34FN4O7P/c1-18-5-6-22(31-27(34)20-7-8-30-24(13-20)28(3,4)29)16-23(18)21-14-25(33-9-10-38-17-19(33)2)32-26(15-21)39-11-12-40-41(35,36)37/h5-8,13-16,19H,9-12,17H2,1-4H3,(H,31,34)(H2,35,36,37)/t19-/m1/s1. The Labute approximate surface area is 237 Å². The van der Waals surface area contributed by atoms with Crippen LogP contribution in [0.25, 0.3) is 11.1 Å². The Morgan fingerprint density at radius 3 is 2.71 bits per heavy atom. The van der Waals surface area contributed by atoms with Crippen LogP contribution in [-0.4, -0.2) is 64.7 Å². The van der Waals surface area contributed by atoms with Crippen LogP contribution >= 0.6 is 7.82 Å². The van der Waals surface area contributed by atoms with Gasteiger partial charge in [-0.15, -0.1) is 0 Å². The van der Waals surface area contributed by atoms with Crippen LogP contribution in [0.3, 0.4) is 0 Å².